The second kappa shape index (κ2) is 5.09. The van der Waals surface area contributed by atoms with Gasteiger partial charge in [0, 0.05) is 19.2 Å². The van der Waals surface area contributed by atoms with Crippen LogP contribution in [0.4, 0.5) is 0 Å². The van der Waals surface area contributed by atoms with Gasteiger partial charge in [0.15, 0.2) is 0 Å². The number of hydrogen-bond acceptors (Lipinski definition) is 3. The summed E-state index contributed by atoms with van der Waals surface area (Å²) >= 11 is 0. The Labute approximate surface area is 111 Å². The molecule has 1 aliphatic heterocycles. The molecular formula is C14H19N3O2. The van der Waals surface area contributed by atoms with E-state index in [2.05, 4.69) is 9.88 Å². The number of ether oxygens (including phenoxy) is 1. The molecule has 0 radical (unpaired) electrons. The van der Waals surface area contributed by atoms with Gasteiger partial charge in [0.05, 0.1) is 18.1 Å². The smallest absolute Gasteiger partial charge is 0.326 e. The molecule has 1 N–H and O–H groups in total. The Bertz CT molecular complexity index is 623. The average molecular weight is 261 g/mol. The lowest BCUT2D eigenvalue weighted by Gasteiger charge is -2.14. The van der Waals surface area contributed by atoms with Crippen LogP contribution in [-0.2, 0) is 6.54 Å². The number of fused-ring (bicyclic) bond motifs is 1. The number of nitrogens with zero attached hydrogens (tertiary/aromatic N) is 2. The first-order chi connectivity index (χ1) is 9.28. The van der Waals surface area contributed by atoms with Crippen molar-refractivity contribution in [2.24, 2.45) is 0 Å². The van der Waals surface area contributed by atoms with E-state index in [-0.39, 0.29) is 5.69 Å². The largest absolute Gasteiger partial charge is 0.497 e. The molecule has 1 saturated heterocycles. The summed E-state index contributed by atoms with van der Waals surface area (Å²) in [6.45, 7) is 3.97. The van der Waals surface area contributed by atoms with Crippen LogP contribution in [0.5, 0.6) is 5.75 Å². The molecule has 5 heteroatoms. The highest BCUT2D eigenvalue weighted by Crippen LogP contribution is 2.18. The molecule has 5 nitrogen and oxygen atoms in total. The van der Waals surface area contributed by atoms with Gasteiger partial charge in [-0.25, -0.2) is 4.79 Å². The molecule has 0 unspecified atom stereocenters. The zero-order valence-electron chi connectivity index (χ0n) is 11.2. The fourth-order valence-corrected chi connectivity index (χ4v) is 2.73. The number of rotatable bonds is 4. The Morgan fingerprint density at radius 3 is 2.79 bits per heavy atom. The number of methoxy groups -OCH3 is 1. The van der Waals surface area contributed by atoms with Gasteiger partial charge in [-0.1, -0.05) is 0 Å². The zero-order chi connectivity index (χ0) is 13.2. The molecule has 1 fully saturated rings. The first-order valence-electron chi connectivity index (χ1n) is 6.77. The Morgan fingerprint density at radius 2 is 2.05 bits per heavy atom. The normalized spacial score (nSPS) is 16.3. The number of likely N-dealkylation sites (tertiary alicyclic amines) is 1. The van der Waals surface area contributed by atoms with Crippen molar-refractivity contribution in [3.8, 4) is 5.75 Å². The summed E-state index contributed by atoms with van der Waals surface area (Å²) in [5, 5.41) is 0. The Balaban J connectivity index is 1.88. The zero-order valence-corrected chi connectivity index (χ0v) is 11.2. The summed E-state index contributed by atoms with van der Waals surface area (Å²) in [5.74, 6) is 0.779. The fourth-order valence-electron chi connectivity index (χ4n) is 2.73. The van der Waals surface area contributed by atoms with Crippen LogP contribution in [0.3, 0.4) is 0 Å². The van der Waals surface area contributed by atoms with E-state index >= 15 is 0 Å². The van der Waals surface area contributed by atoms with Crippen molar-refractivity contribution in [2.45, 2.75) is 19.4 Å². The maximum absolute atomic E-state index is 12.0. The van der Waals surface area contributed by atoms with Crippen molar-refractivity contribution in [3.63, 3.8) is 0 Å². The number of imidazole rings is 1. The SMILES string of the molecule is COc1ccc2[nH]c(=O)n(CCN3CCCC3)c2c1. The Morgan fingerprint density at radius 1 is 1.26 bits per heavy atom. The molecule has 1 aromatic carbocycles. The summed E-state index contributed by atoms with van der Waals surface area (Å²) in [6.07, 6.45) is 2.55. The molecule has 3 rings (SSSR count). The maximum Gasteiger partial charge on any atom is 0.326 e. The first-order valence-corrected chi connectivity index (χ1v) is 6.77. The topological polar surface area (TPSA) is 50.3 Å². The highest BCUT2D eigenvalue weighted by Gasteiger charge is 2.13. The molecule has 2 aromatic rings. The lowest BCUT2D eigenvalue weighted by molar-refractivity contribution is 0.322. The average Bonchev–Trinajstić information content (AvgIpc) is 3.03. The second-order valence-corrected chi connectivity index (χ2v) is 5.01. The van der Waals surface area contributed by atoms with Crippen LogP contribution in [0.15, 0.2) is 23.0 Å². The van der Waals surface area contributed by atoms with Crippen LogP contribution in [-0.4, -0.2) is 41.2 Å². The minimum atomic E-state index is -0.0394. The number of nitrogens with one attached hydrogen (secondary N) is 1. The number of aromatic nitrogens is 2. The highest BCUT2D eigenvalue weighted by atomic mass is 16.5. The van der Waals surface area contributed by atoms with E-state index in [9.17, 15) is 4.79 Å². The Kier molecular flexibility index (Phi) is 3.29. The third-order valence-corrected chi connectivity index (χ3v) is 3.82. The Hall–Kier alpha value is -1.75. The van der Waals surface area contributed by atoms with Crippen LogP contribution in [0.25, 0.3) is 11.0 Å². The summed E-state index contributed by atoms with van der Waals surface area (Å²) in [6, 6.07) is 5.67. The molecule has 19 heavy (non-hydrogen) atoms. The lowest BCUT2D eigenvalue weighted by Crippen LogP contribution is -2.28. The monoisotopic (exact) mass is 261 g/mol. The van der Waals surface area contributed by atoms with Gasteiger partial charge in [0.2, 0.25) is 0 Å². The van der Waals surface area contributed by atoms with Gasteiger partial charge in [-0.15, -0.1) is 0 Å². The van der Waals surface area contributed by atoms with E-state index in [0.29, 0.717) is 0 Å². The van der Waals surface area contributed by atoms with Crippen LogP contribution in [0.2, 0.25) is 0 Å². The molecule has 0 bridgehead atoms. The lowest BCUT2D eigenvalue weighted by atomic mass is 10.3. The quantitative estimate of drug-likeness (QED) is 0.906. The number of hydrogen-bond donors (Lipinski definition) is 1. The van der Waals surface area contributed by atoms with E-state index in [1.54, 1.807) is 11.7 Å². The third-order valence-electron chi connectivity index (χ3n) is 3.82. The molecule has 102 valence electrons. The van der Waals surface area contributed by atoms with Crippen LogP contribution in [0, 0.1) is 0 Å². The van der Waals surface area contributed by atoms with Gasteiger partial charge in [-0.05, 0) is 38.1 Å². The van der Waals surface area contributed by atoms with E-state index in [4.69, 9.17) is 4.74 Å². The second-order valence-electron chi connectivity index (χ2n) is 5.01. The van der Waals surface area contributed by atoms with Gasteiger partial charge < -0.3 is 14.6 Å². The minimum absolute atomic E-state index is 0.0394. The van der Waals surface area contributed by atoms with Crippen molar-refractivity contribution in [1.82, 2.24) is 14.5 Å². The first kappa shape index (κ1) is 12.3. The predicted octanol–water partition coefficient (Wildman–Crippen LogP) is 1.43. The molecule has 1 aromatic heterocycles. The molecule has 0 spiro atoms. The fraction of sp³-hybridized carbons (Fsp3) is 0.500. The number of aromatic amines is 1. The van der Waals surface area contributed by atoms with E-state index in [1.807, 2.05) is 18.2 Å². The van der Waals surface area contributed by atoms with Crippen LogP contribution >= 0.6 is 0 Å². The van der Waals surface area contributed by atoms with Gasteiger partial charge in [0.1, 0.15) is 5.75 Å². The molecule has 0 amide bonds. The van der Waals surface area contributed by atoms with Crippen molar-refractivity contribution in [2.75, 3.05) is 26.7 Å². The number of H-pyrrole nitrogens is 1. The molecule has 0 saturated carbocycles. The van der Waals surface area contributed by atoms with E-state index < -0.39 is 0 Å². The maximum atomic E-state index is 12.0. The van der Waals surface area contributed by atoms with Crippen LogP contribution < -0.4 is 10.4 Å². The van der Waals surface area contributed by atoms with E-state index in [0.717, 1.165) is 43.0 Å². The van der Waals surface area contributed by atoms with E-state index in [1.165, 1.54) is 12.8 Å². The molecule has 0 aliphatic carbocycles. The molecule has 2 heterocycles. The van der Waals surface area contributed by atoms with Gasteiger partial charge >= 0.3 is 5.69 Å². The summed E-state index contributed by atoms with van der Waals surface area (Å²) in [4.78, 5) is 17.3. The summed E-state index contributed by atoms with van der Waals surface area (Å²) < 4.78 is 7.03. The molecular weight excluding hydrogens is 242 g/mol. The molecule has 1 aliphatic rings. The minimum Gasteiger partial charge on any atom is -0.497 e. The van der Waals surface area contributed by atoms with Crippen molar-refractivity contribution in [1.29, 1.82) is 0 Å². The van der Waals surface area contributed by atoms with Gasteiger partial charge in [0.25, 0.3) is 0 Å². The standard InChI is InChI=1S/C14H19N3O2/c1-19-11-4-5-12-13(10-11)17(14(18)15-12)9-8-16-6-2-3-7-16/h4-5,10H,2-3,6-9H2,1H3,(H,15,18). The number of benzene rings is 1. The van der Waals surface area contributed by atoms with Crippen molar-refractivity contribution < 1.29 is 4.74 Å². The summed E-state index contributed by atoms with van der Waals surface area (Å²) in [7, 11) is 1.64. The van der Waals surface area contributed by atoms with Crippen molar-refractivity contribution in [3.05, 3.63) is 28.7 Å². The van der Waals surface area contributed by atoms with Gasteiger partial charge in [-0.2, -0.15) is 0 Å². The van der Waals surface area contributed by atoms with Crippen molar-refractivity contribution >= 4 is 11.0 Å². The summed E-state index contributed by atoms with van der Waals surface area (Å²) in [5.41, 5.74) is 1.75. The predicted molar refractivity (Wildman–Crippen MR) is 74.8 cm³/mol. The third kappa shape index (κ3) is 2.38. The highest BCUT2D eigenvalue weighted by molar-refractivity contribution is 5.76. The van der Waals surface area contributed by atoms with Gasteiger partial charge in [-0.3, -0.25) is 4.57 Å². The van der Waals surface area contributed by atoms with Crippen LogP contribution in [0.1, 0.15) is 12.8 Å². The molecule has 0 atom stereocenters.